The van der Waals surface area contributed by atoms with Gasteiger partial charge < -0.3 is 10.1 Å². The number of hydrogen-bond donors (Lipinski definition) is 1. The highest BCUT2D eigenvalue weighted by Crippen LogP contribution is 2.29. The maximum absolute atomic E-state index is 5.37. The van der Waals surface area contributed by atoms with Crippen molar-refractivity contribution < 1.29 is 4.74 Å². The molecule has 1 aromatic heterocycles. The smallest absolute Gasteiger partial charge is 0.165 e. The first kappa shape index (κ1) is 12.4. The first-order valence-electron chi connectivity index (χ1n) is 5.96. The normalized spacial score (nSPS) is 10.2. The van der Waals surface area contributed by atoms with Gasteiger partial charge in [-0.15, -0.1) is 0 Å². The van der Waals surface area contributed by atoms with Gasteiger partial charge in [-0.25, -0.2) is 9.97 Å². The van der Waals surface area contributed by atoms with Gasteiger partial charge in [-0.2, -0.15) is 0 Å². The van der Waals surface area contributed by atoms with Crippen LogP contribution in [0.15, 0.2) is 30.5 Å². The summed E-state index contributed by atoms with van der Waals surface area (Å²) in [5.41, 5.74) is 2.17. The molecule has 0 amide bonds. The van der Waals surface area contributed by atoms with Crippen LogP contribution in [0.4, 0.5) is 5.82 Å². The predicted octanol–water partition coefficient (Wildman–Crippen LogP) is 2.76. The van der Waals surface area contributed by atoms with Gasteiger partial charge in [0.25, 0.3) is 0 Å². The van der Waals surface area contributed by atoms with E-state index in [-0.39, 0.29) is 0 Å². The molecule has 1 aromatic carbocycles. The zero-order valence-corrected chi connectivity index (χ0v) is 10.9. The van der Waals surface area contributed by atoms with Gasteiger partial charge >= 0.3 is 0 Å². The van der Waals surface area contributed by atoms with Crippen molar-refractivity contribution in [1.29, 1.82) is 0 Å². The second kappa shape index (κ2) is 5.49. The Kier molecular flexibility index (Phi) is 3.77. The summed E-state index contributed by atoms with van der Waals surface area (Å²) >= 11 is 0. The fraction of sp³-hybridized carbons (Fsp3) is 0.286. The van der Waals surface area contributed by atoms with Crippen molar-refractivity contribution in [2.75, 3.05) is 19.5 Å². The lowest BCUT2D eigenvalue weighted by Crippen LogP contribution is -1.98. The number of aromatic nitrogens is 2. The molecule has 0 aliphatic heterocycles. The topological polar surface area (TPSA) is 47.0 Å². The van der Waals surface area contributed by atoms with Crippen LogP contribution in [0.3, 0.4) is 0 Å². The summed E-state index contributed by atoms with van der Waals surface area (Å²) in [7, 11) is 3.50. The first-order valence-corrected chi connectivity index (χ1v) is 5.96. The maximum Gasteiger partial charge on any atom is 0.165 e. The lowest BCUT2D eigenvalue weighted by atomic mass is 10.1. The highest BCUT2D eigenvalue weighted by molar-refractivity contribution is 5.66. The Morgan fingerprint density at radius 2 is 2.11 bits per heavy atom. The Morgan fingerprint density at radius 3 is 2.78 bits per heavy atom. The number of nitrogens with one attached hydrogen (secondary N) is 1. The highest BCUT2D eigenvalue weighted by atomic mass is 16.5. The van der Waals surface area contributed by atoms with E-state index in [9.17, 15) is 0 Å². The predicted molar refractivity (Wildman–Crippen MR) is 72.9 cm³/mol. The van der Waals surface area contributed by atoms with Crippen LogP contribution in [0.2, 0.25) is 0 Å². The van der Waals surface area contributed by atoms with Gasteiger partial charge in [-0.3, -0.25) is 0 Å². The molecule has 4 nitrogen and oxygen atoms in total. The first-order chi connectivity index (χ1) is 8.78. The van der Waals surface area contributed by atoms with Gasteiger partial charge in [0.2, 0.25) is 0 Å². The van der Waals surface area contributed by atoms with E-state index >= 15 is 0 Å². The van der Waals surface area contributed by atoms with E-state index in [1.807, 2.05) is 19.2 Å². The molecule has 1 N–H and O–H groups in total. The second-order valence-electron chi connectivity index (χ2n) is 3.90. The number of ether oxygens (including phenoxy) is 1. The van der Waals surface area contributed by atoms with Gasteiger partial charge in [0.05, 0.1) is 12.7 Å². The molecule has 0 bridgehead atoms. The molecule has 2 aromatic rings. The molecule has 0 atom stereocenters. The molecule has 0 fully saturated rings. The van der Waals surface area contributed by atoms with Gasteiger partial charge in [-0.1, -0.05) is 13.0 Å². The van der Waals surface area contributed by atoms with Crippen molar-refractivity contribution in [3.8, 4) is 17.1 Å². The van der Waals surface area contributed by atoms with E-state index in [1.54, 1.807) is 13.3 Å². The van der Waals surface area contributed by atoms with Crippen LogP contribution >= 0.6 is 0 Å². The summed E-state index contributed by atoms with van der Waals surface area (Å²) in [6.07, 6.45) is 2.72. The summed E-state index contributed by atoms with van der Waals surface area (Å²) in [5, 5.41) is 3.01. The molecule has 0 aliphatic carbocycles. The zero-order valence-electron chi connectivity index (χ0n) is 10.9. The van der Waals surface area contributed by atoms with Crippen molar-refractivity contribution in [2.24, 2.45) is 0 Å². The molecule has 0 unspecified atom stereocenters. The summed E-state index contributed by atoms with van der Waals surface area (Å²) < 4.78 is 5.37. The van der Waals surface area contributed by atoms with Crippen LogP contribution in [0.25, 0.3) is 11.4 Å². The van der Waals surface area contributed by atoms with Gasteiger partial charge in [0.15, 0.2) is 5.82 Å². The SMILES string of the molecule is CCc1ccc(OC)c(-c2nccc(NC)n2)c1. The number of aryl methyl sites for hydroxylation is 1. The Bertz CT molecular complexity index is 540. The van der Waals surface area contributed by atoms with Gasteiger partial charge in [0, 0.05) is 13.2 Å². The summed E-state index contributed by atoms with van der Waals surface area (Å²) in [5.74, 6) is 2.26. The molecule has 0 saturated carbocycles. The average molecular weight is 243 g/mol. The maximum atomic E-state index is 5.37. The molecule has 4 heteroatoms. The largest absolute Gasteiger partial charge is 0.496 e. The number of anilines is 1. The van der Waals surface area contributed by atoms with Gasteiger partial charge in [0.1, 0.15) is 11.6 Å². The summed E-state index contributed by atoms with van der Waals surface area (Å²) in [6.45, 7) is 2.12. The fourth-order valence-electron chi connectivity index (χ4n) is 1.78. The Balaban J connectivity index is 2.53. The highest BCUT2D eigenvalue weighted by Gasteiger charge is 2.09. The van der Waals surface area contributed by atoms with Crippen molar-refractivity contribution in [2.45, 2.75) is 13.3 Å². The monoisotopic (exact) mass is 243 g/mol. The van der Waals surface area contributed by atoms with Crippen molar-refractivity contribution in [3.05, 3.63) is 36.0 Å². The molecular weight excluding hydrogens is 226 g/mol. The third kappa shape index (κ3) is 2.42. The van der Waals surface area contributed by atoms with Gasteiger partial charge in [-0.05, 0) is 30.2 Å². The minimum absolute atomic E-state index is 0.675. The van der Waals surface area contributed by atoms with Crippen LogP contribution in [0, 0.1) is 0 Å². The molecule has 0 spiro atoms. The molecule has 0 radical (unpaired) electrons. The third-order valence-electron chi connectivity index (χ3n) is 2.82. The molecule has 94 valence electrons. The van der Waals surface area contributed by atoms with Crippen molar-refractivity contribution in [1.82, 2.24) is 9.97 Å². The summed E-state index contributed by atoms with van der Waals surface area (Å²) in [4.78, 5) is 8.75. The number of hydrogen-bond acceptors (Lipinski definition) is 4. The third-order valence-corrected chi connectivity index (χ3v) is 2.82. The van der Waals surface area contributed by atoms with Crippen LogP contribution in [0.1, 0.15) is 12.5 Å². The Labute approximate surface area is 107 Å². The van der Waals surface area contributed by atoms with E-state index in [4.69, 9.17) is 4.74 Å². The van der Waals surface area contributed by atoms with E-state index in [0.717, 1.165) is 23.6 Å². The molecule has 0 saturated heterocycles. The van der Waals surface area contributed by atoms with Crippen LogP contribution in [-0.2, 0) is 6.42 Å². The number of methoxy groups -OCH3 is 1. The van der Waals surface area contributed by atoms with E-state index in [1.165, 1.54) is 5.56 Å². The quantitative estimate of drug-likeness (QED) is 0.897. The minimum Gasteiger partial charge on any atom is -0.496 e. The number of benzene rings is 1. The van der Waals surface area contributed by atoms with E-state index in [0.29, 0.717) is 5.82 Å². The van der Waals surface area contributed by atoms with Crippen molar-refractivity contribution >= 4 is 5.82 Å². The molecular formula is C14H17N3O. The minimum atomic E-state index is 0.675. The molecule has 2 rings (SSSR count). The van der Waals surface area contributed by atoms with Crippen molar-refractivity contribution in [3.63, 3.8) is 0 Å². The van der Waals surface area contributed by atoms with Crippen LogP contribution < -0.4 is 10.1 Å². The summed E-state index contributed by atoms with van der Waals surface area (Å²) in [6, 6.07) is 7.93. The number of nitrogens with zero attached hydrogens (tertiary/aromatic N) is 2. The number of rotatable bonds is 4. The molecule has 1 heterocycles. The Morgan fingerprint density at radius 1 is 1.28 bits per heavy atom. The molecule has 0 aliphatic rings. The van der Waals surface area contributed by atoms with Crippen LogP contribution in [-0.4, -0.2) is 24.1 Å². The van der Waals surface area contributed by atoms with E-state index < -0.39 is 0 Å². The van der Waals surface area contributed by atoms with Crippen LogP contribution in [0.5, 0.6) is 5.75 Å². The molecule has 18 heavy (non-hydrogen) atoms. The average Bonchev–Trinajstić information content (AvgIpc) is 2.46. The fourth-order valence-corrected chi connectivity index (χ4v) is 1.78. The zero-order chi connectivity index (χ0) is 13.0. The Hall–Kier alpha value is -2.10. The lowest BCUT2D eigenvalue weighted by molar-refractivity contribution is 0.416. The van der Waals surface area contributed by atoms with E-state index in [2.05, 4.69) is 34.3 Å². The lowest BCUT2D eigenvalue weighted by Gasteiger charge is -2.10. The second-order valence-corrected chi connectivity index (χ2v) is 3.90. The standard InChI is InChI=1S/C14H17N3O/c1-4-10-5-6-12(18-3)11(9-10)14-16-8-7-13(15-2)17-14/h5-9H,4H2,1-3H3,(H,15,16,17).